The molecule has 0 saturated heterocycles. The highest BCUT2D eigenvalue weighted by molar-refractivity contribution is 6.85. The minimum atomic E-state index is -0.863. The number of fused-ring (bicyclic) bond motifs is 5. The van der Waals surface area contributed by atoms with Gasteiger partial charge in [0.15, 0.2) is 0 Å². The fourth-order valence-corrected chi connectivity index (χ4v) is 14.5. The molecule has 0 aliphatic carbocycles. The molecule has 4 amide bonds. The molecule has 18 nitrogen and oxygen atoms in total. The Morgan fingerprint density at radius 2 is 0.755 bits per heavy atom. The average molecular weight is 1440 g/mol. The van der Waals surface area contributed by atoms with Gasteiger partial charge < -0.3 is 18.4 Å². The Bertz CT molecular complexity index is 5890. The van der Waals surface area contributed by atoms with Crippen molar-refractivity contribution in [3.8, 4) is 46.2 Å². The van der Waals surface area contributed by atoms with Gasteiger partial charge in [0.05, 0.1) is 88.6 Å². The number of amides is 4. The zero-order valence-electron chi connectivity index (χ0n) is 56.1. The summed E-state index contributed by atoms with van der Waals surface area (Å²) in [5.74, 6) is -3.56. The van der Waals surface area contributed by atoms with Gasteiger partial charge in [-0.3, -0.25) is 38.9 Å². The van der Waals surface area contributed by atoms with E-state index in [0.29, 0.717) is 71.3 Å². The van der Waals surface area contributed by atoms with Crippen LogP contribution in [0.5, 0.6) is 11.5 Å². The van der Waals surface area contributed by atoms with Crippen molar-refractivity contribution in [1.82, 2.24) is 38.7 Å². The molecule has 0 N–H and O–H groups in total. The summed E-state index contributed by atoms with van der Waals surface area (Å²) in [6, 6.07) is 72.9. The van der Waals surface area contributed by atoms with E-state index in [1.165, 1.54) is 62.9 Å². The van der Waals surface area contributed by atoms with Crippen LogP contribution in [0.25, 0.3) is 66.5 Å². The SMILES string of the molecule is Cc1cc2nc(/C(C#N)=c3/c4c(-c5ccc(OC(=O)c6ccc7c(c6)C(=O)N(C)C7=O)cc5)n(B(c5ccccc5)c5ccccc5)/c(=C(/C#N)c5cnc6cc(Cl)c(Cl)cc6n5)c4c(-c4ccc(OC(=O)c5ccc6c(c5)C(=O)N(C)C6=O)cc4)n3B(c3ccccc3)c3ccccc3)cnc2cc1Cl. The molecule has 0 atom stereocenters. The van der Waals surface area contributed by atoms with Crippen LogP contribution in [0.1, 0.15) is 79.1 Å². The first-order chi connectivity index (χ1) is 51.5. The lowest BCUT2D eigenvalue weighted by Gasteiger charge is -2.24. The van der Waals surface area contributed by atoms with E-state index in [1.807, 2.05) is 128 Å². The third-order valence-electron chi connectivity index (χ3n) is 19.1. The van der Waals surface area contributed by atoms with Crippen LogP contribution < -0.4 is 42.0 Å². The van der Waals surface area contributed by atoms with Gasteiger partial charge in [-0.1, -0.05) is 178 Å². The van der Waals surface area contributed by atoms with Crippen LogP contribution in [0.2, 0.25) is 15.1 Å². The van der Waals surface area contributed by atoms with Crippen LogP contribution in [-0.4, -0.2) is 102 Å². The number of esters is 2. The van der Waals surface area contributed by atoms with Gasteiger partial charge in [-0.05, 0) is 133 Å². The Morgan fingerprint density at radius 3 is 1.12 bits per heavy atom. The summed E-state index contributed by atoms with van der Waals surface area (Å²) in [5, 5.41) is 27.5. The minimum absolute atomic E-state index is 0.00316. The molecule has 106 heavy (non-hydrogen) atoms. The predicted molar refractivity (Wildman–Crippen MR) is 407 cm³/mol. The van der Waals surface area contributed by atoms with Gasteiger partial charge in [-0.2, -0.15) is 10.5 Å². The number of imide groups is 2. The zero-order chi connectivity index (χ0) is 73.3. The second-order valence-corrected chi connectivity index (χ2v) is 26.6. The normalized spacial score (nSPS) is 13.0. The number of rotatable bonds is 14. The first-order valence-corrected chi connectivity index (χ1v) is 34.3. The Hall–Kier alpha value is -13.4. The number of halogens is 3. The van der Waals surface area contributed by atoms with Gasteiger partial charge in [0.2, 0.25) is 0 Å². The third kappa shape index (κ3) is 11.6. The molecule has 0 spiro atoms. The van der Waals surface area contributed by atoms with Crippen LogP contribution in [0, 0.1) is 29.6 Å². The summed E-state index contributed by atoms with van der Waals surface area (Å²) in [7, 11) is 2.74. The molecule has 2 aliphatic rings. The lowest BCUT2D eigenvalue weighted by molar-refractivity contribution is 0.0677. The maximum Gasteiger partial charge on any atom is 0.343 e. The lowest BCUT2D eigenvalue weighted by atomic mass is 9.50. The van der Waals surface area contributed by atoms with Gasteiger partial charge in [-0.15, -0.1) is 0 Å². The number of aromatic nitrogens is 6. The fourth-order valence-electron chi connectivity index (χ4n) is 14.0. The molecule has 2 aliphatic heterocycles. The van der Waals surface area contributed by atoms with Crippen LogP contribution in [0.15, 0.2) is 243 Å². The number of nitriles is 2. The van der Waals surface area contributed by atoms with Crippen molar-refractivity contribution in [2.24, 2.45) is 0 Å². The quantitative estimate of drug-likeness (QED) is 0.0426. The topological polar surface area (TPSA) is 236 Å². The molecule has 0 radical (unpaired) electrons. The standard InChI is InChI=1S/C83H49B2Cl3N10O8/c1-46-36-68-66(39-63(46)86)91-44-70(93-68)61(42-89)76-72-73(75(97(76)84(51-16-8-4-9-17-51)52-18-10-5-11-19-52)48-26-32-56(33-27-48)106-83(104)50-29-35-58-60(38-50)81(102)96(3)79(58)100)77(62(43-90)71-45-92-67-40-64(87)65(88)41-69(67)94-71)98(85(53-20-12-6-13-21-53)54-22-14-7-15-23-54)74(72)47-24-30-55(31-25-47)105-82(103)49-28-34-57-59(37-49)80(101)95(2)78(57)99/h4-41,44-45H,1-3H3/b76-61-,77-62-. The van der Waals surface area contributed by atoms with E-state index in [4.69, 9.17) is 64.2 Å². The van der Waals surface area contributed by atoms with Gasteiger partial charge in [0, 0.05) is 41.3 Å². The number of carbonyl (C=O) groups is 6. The molecule has 0 saturated carbocycles. The monoisotopic (exact) mass is 1440 g/mol. The first kappa shape index (κ1) is 67.1. The summed E-state index contributed by atoms with van der Waals surface area (Å²) in [6.07, 6.45) is 3.03. The zero-order valence-corrected chi connectivity index (χ0v) is 58.4. The van der Waals surface area contributed by atoms with E-state index >= 15 is 0 Å². The van der Waals surface area contributed by atoms with E-state index < -0.39 is 49.3 Å². The maximum atomic E-state index is 14.3. The second kappa shape index (κ2) is 27.1. The van der Waals surface area contributed by atoms with Crippen LogP contribution in [-0.2, 0) is 0 Å². The lowest BCUT2D eigenvalue weighted by Crippen LogP contribution is -2.54. The minimum Gasteiger partial charge on any atom is -0.423 e. The average Bonchev–Trinajstić information content (AvgIpc) is 1.52. The van der Waals surface area contributed by atoms with E-state index in [-0.39, 0.29) is 82.8 Å². The van der Waals surface area contributed by atoms with Gasteiger partial charge in [0.1, 0.15) is 46.2 Å². The molecule has 4 aromatic heterocycles. The Morgan fingerprint density at radius 1 is 0.415 bits per heavy atom. The summed E-state index contributed by atoms with van der Waals surface area (Å²) < 4.78 is 16.4. The summed E-state index contributed by atoms with van der Waals surface area (Å²) in [6.45, 7) is 0.129. The molecular weight excluding hydrogens is 1390 g/mol. The summed E-state index contributed by atoms with van der Waals surface area (Å²) >= 11 is 20.2. The summed E-state index contributed by atoms with van der Waals surface area (Å²) in [5.41, 5.74) is 7.88. The highest BCUT2D eigenvalue weighted by Gasteiger charge is 2.39. The number of ether oxygens (including phenoxy) is 2. The van der Waals surface area contributed by atoms with Crippen molar-refractivity contribution in [3.05, 3.63) is 319 Å². The number of aryl methyl sites for hydroxylation is 1. The van der Waals surface area contributed by atoms with Crippen molar-refractivity contribution < 1.29 is 38.2 Å². The molecule has 16 rings (SSSR count). The molecule has 6 heterocycles. The Labute approximate surface area is 619 Å². The number of carbonyl (C=O) groups excluding carboxylic acids is 6. The highest BCUT2D eigenvalue weighted by Crippen LogP contribution is 2.39. The molecular formula is C83H49B2Cl3N10O8. The van der Waals surface area contributed by atoms with E-state index in [1.54, 1.807) is 72.8 Å². The Kier molecular flexibility index (Phi) is 17.2. The van der Waals surface area contributed by atoms with Crippen LogP contribution in [0.3, 0.4) is 0 Å². The highest BCUT2D eigenvalue weighted by atomic mass is 35.5. The fraction of sp³-hybridized carbons (Fsp3) is 0.0361. The van der Waals surface area contributed by atoms with E-state index in [9.17, 15) is 39.3 Å². The summed E-state index contributed by atoms with van der Waals surface area (Å²) in [4.78, 5) is 103. The van der Waals surface area contributed by atoms with Crippen LogP contribution in [0.4, 0.5) is 0 Å². The molecule has 0 fully saturated rings. The smallest absolute Gasteiger partial charge is 0.343 e. The third-order valence-corrected chi connectivity index (χ3v) is 20.2. The molecule has 0 unspecified atom stereocenters. The predicted octanol–water partition coefficient (Wildman–Crippen LogP) is 11.6. The number of hydrogen-bond donors (Lipinski definition) is 0. The number of hydrogen-bond acceptors (Lipinski definition) is 14. The molecule has 23 heteroatoms. The van der Waals surface area contributed by atoms with Crippen molar-refractivity contribution >= 4 is 150 Å². The first-order valence-electron chi connectivity index (χ1n) is 33.2. The van der Waals surface area contributed by atoms with E-state index in [2.05, 4.69) is 21.1 Å². The van der Waals surface area contributed by atoms with Crippen molar-refractivity contribution in [2.75, 3.05) is 14.1 Å². The van der Waals surface area contributed by atoms with Crippen molar-refractivity contribution in [3.63, 3.8) is 0 Å². The molecule has 14 aromatic rings. The molecule has 506 valence electrons. The number of nitrogens with zero attached hydrogens (tertiary/aromatic N) is 10. The van der Waals surface area contributed by atoms with E-state index in [0.717, 1.165) is 31.7 Å². The van der Waals surface area contributed by atoms with Gasteiger partial charge in [-0.25, -0.2) is 19.6 Å². The molecule has 10 aromatic carbocycles. The van der Waals surface area contributed by atoms with Crippen LogP contribution >= 0.6 is 34.8 Å². The maximum absolute atomic E-state index is 14.3. The second-order valence-electron chi connectivity index (χ2n) is 25.3. The van der Waals surface area contributed by atoms with Gasteiger partial charge >= 0.3 is 25.6 Å². The molecule has 0 bridgehead atoms. The van der Waals surface area contributed by atoms with Crippen molar-refractivity contribution in [2.45, 2.75) is 6.92 Å². The van der Waals surface area contributed by atoms with Crippen molar-refractivity contribution in [1.29, 1.82) is 10.5 Å². The number of benzene rings is 10. The van der Waals surface area contributed by atoms with Gasteiger partial charge in [0.25, 0.3) is 23.6 Å². The Balaban J connectivity index is 1.08. The largest absolute Gasteiger partial charge is 0.423 e.